The fraction of sp³-hybridized carbons (Fsp3) is 0.636. The first-order valence-corrected chi connectivity index (χ1v) is 5.96. The van der Waals surface area contributed by atoms with Crippen molar-refractivity contribution in [1.82, 2.24) is 14.9 Å². The molecule has 88 valence electrons. The molecule has 1 aliphatic rings. The second-order valence-electron chi connectivity index (χ2n) is 4.47. The van der Waals surface area contributed by atoms with E-state index in [9.17, 15) is 0 Å². The summed E-state index contributed by atoms with van der Waals surface area (Å²) in [7, 11) is 2.15. The summed E-state index contributed by atoms with van der Waals surface area (Å²) in [4.78, 5) is 10.6. The maximum absolute atomic E-state index is 5.97. The molecule has 1 aliphatic heterocycles. The van der Waals surface area contributed by atoms with Gasteiger partial charge in [-0.1, -0.05) is 18.5 Å². The Kier molecular flexibility index (Phi) is 3.61. The number of hydrogen-bond acceptors (Lipinski definition) is 4. The molecule has 16 heavy (non-hydrogen) atoms. The van der Waals surface area contributed by atoms with Crippen molar-refractivity contribution in [3.05, 3.63) is 17.5 Å². The third kappa shape index (κ3) is 2.62. The summed E-state index contributed by atoms with van der Waals surface area (Å²) < 4.78 is 0. The van der Waals surface area contributed by atoms with Crippen LogP contribution in [0.1, 0.15) is 13.3 Å². The highest BCUT2D eigenvalue weighted by Gasteiger charge is 2.24. The van der Waals surface area contributed by atoms with Crippen LogP contribution in [0.4, 0.5) is 5.82 Å². The molecule has 0 radical (unpaired) electrons. The van der Waals surface area contributed by atoms with Crippen LogP contribution in [0.25, 0.3) is 0 Å². The van der Waals surface area contributed by atoms with E-state index in [-0.39, 0.29) is 0 Å². The van der Waals surface area contributed by atoms with Gasteiger partial charge in [-0.15, -0.1) is 0 Å². The lowest BCUT2D eigenvalue weighted by Crippen LogP contribution is -2.43. The minimum absolute atomic E-state index is 0.436. The van der Waals surface area contributed by atoms with E-state index in [1.54, 1.807) is 12.4 Å². The predicted molar refractivity (Wildman–Crippen MR) is 65.7 cm³/mol. The first-order chi connectivity index (χ1) is 7.66. The lowest BCUT2D eigenvalue weighted by molar-refractivity contribution is 0.206. The van der Waals surface area contributed by atoms with Gasteiger partial charge in [-0.05, 0) is 25.9 Å². The molecule has 5 heteroatoms. The van der Waals surface area contributed by atoms with Crippen LogP contribution in [0.15, 0.2) is 12.4 Å². The normalized spacial score (nSPS) is 26.7. The Bertz CT molecular complexity index is 358. The first kappa shape index (κ1) is 11.6. The molecule has 1 saturated heterocycles. The lowest BCUT2D eigenvalue weighted by Gasteiger charge is -2.35. The van der Waals surface area contributed by atoms with E-state index in [1.807, 2.05) is 0 Å². The second-order valence-corrected chi connectivity index (χ2v) is 4.83. The quantitative estimate of drug-likeness (QED) is 0.857. The average Bonchev–Trinajstić information content (AvgIpc) is 2.25. The Morgan fingerprint density at radius 3 is 2.88 bits per heavy atom. The van der Waals surface area contributed by atoms with Crippen molar-refractivity contribution in [3.8, 4) is 0 Å². The molecule has 2 atom stereocenters. The minimum Gasteiger partial charge on any atom is -0.364 e. The Balaban J connectivity index is 2.02. The molecule has 1 fully saturated rings. The van der Waals surface area contributed by atoms with Crippen molar-refractivity contribution in [2.45, 2.75) is 19.4 Å². The molecule has 0 aliphatic carbocycles. The molecule has 4 nitrogen and oxygen atoms in total. The van der Waals surface area contributed by atoms with Gasteiger partial charge in [0, 0.05) is 25.0 Å². The van der Waals surface area contributed by atoms with E-state index in [1.165, 1.54) is 0 Å². The zero-order valence-corrected chi connectivity index (χ0v) is 10.4. The monoisotopic (exact) mass is 240 g/mol. The highest BCUT2D eigenvalue weighted by molar-refractivity contribution is 6.31. The molecule has 2 unspecified atom stereocenters. The summed E-state index contributed by atoms with van der Waals surface area (Å²) in [6, 6.07) is 0.436. The van der Waals surface area contributed by atoms with Crippen LogP contribution in [-0.2, 0) is 0 Å². The molecular formula is C11H17ClN4. The number of piperidine rings is 1. The van der Waals surface area contributed by atoms with Gasteiger partial charge in [0.15, 0.2) is 11.0 Å². The standard InChI is InChI=1S/C11H17ClN4/c1-8-7-16(2)6-3-9(8)15-11-10(12)13-4-5-14-11/h4-5,8-9H,3,6-7H2,1-2H3,(H,14,15). The molecule has 0 saturated carbocycles. The SMILES string of the molecule is CC1CN(C)CCC1Nc1nccnc1Cl. The van der Waals surface area contributed by atoms with E-state index in [0.29, 0.717) is 22.9 Å². The fourth-order valence-corrected chi connectivity index (χ4v) is 2.32. The van der Waals surface area contributed by atoms with Crippen molar-refractivity contribution in [2.24, 2.45) is 5.92 Å². The number of nitrogens with one attached hydrogen (secondary N) is 1. The molecule has 1 aromatic heterocycles. The number of rotatable bonds is 2. The van der Waals surface area contributed by atoms with Gasteiger partial charge in [0.1, 0.15) is 0 Å². The second kappa shape index (κ2) is 4.97. The van der Waals surface area contributed by atoms with E-state index >= 15 is 0 Å². The first-order valence-electron chi connectivity index (χ1n) is 5.58. The Hall–Kier alpha value is -0.870. The Morgan fingerprint density at radius 1 is 1.44 bits per heavy atom. The summed E-state index contributed by atoms with van der Waals surface area (Å²) in [5.74, 6) is 1.29. The van der Waals surface area contributed by atoms with Crippen molar-refractivity contribution >= 4 is 17.4 Å². The van der Waals surface area contributed by atoms with Crippen molar-refractivity contribution in [2.75, 3.05) is 25.5 Å². The van der Waals surface area contributed by atoms with Crippen LogP contribution in [-0.4, -0.2) is 41.0 Å². The van der Waals surface area contributed by atoms with Gasteiger partial charge in [-0.3, -0.25) is 0 Å². The van der Waals surface area contributed by atoms with Gasteiger partial charge in [0.05, 0.1) is 0 Å². The van der Waals surface area contributed by atoms with Crippen LogP contribution in [0.3, 0.4) is 0 Å². The zero-order chi connectivity index (χ0) is 11.5. The van der Waals surface area contributed by atoms with Gasteiger partial charge in [-0.25, -0.2) is 9.97 Å². The summed E-state index contributed by atoms with van der Waals surface area (Å²) in [6.07, 6.45) is 4.38. The summed E-state index contributed by atoms with van der Waals surface area (Å²) in [5.41, 5.74) is 0. The molecule has 2 heterocycles. The molecule has 1 aromatic rings. The van der Waals surface area contributed by atoms with Gasteiger partial charge in [0.25, 0.3) is 0 Å². The summed E-state index contributed by atoms with van der Waals surface area (Å²) >= 11 is 5.97. The number of aromatic nitrogens is 2. The molecule has 0 spiro atoms. The smallest absolute Gasteiger partial charge is 0.171 e. The average molecular weight is 241 g/mol. The largest absolute Gasteiger partial charge is 0.364 e. The lowest BCUT2D eigenvalue weighted by atomic mass is 9.94. The maximum atomic E-state index is 5.97. The van der Waals surface area contributed by atoms with E-state index in [4.69, 9.17) is 11.6 Å². The van der Waals surface area contributed by atoms with Crippen LogP contribution in [0, 0.1) is 5.92 Å². The highest BCUT2D eigenvalue weighted by atomic mass is 35.5. The number of halogens is 1. The molecule has 0 bridgehead atoms. The third-order valence-electron chi connectivity index (χ3n) is 3.08. The Morgan fingerprint density at radius 2 is 2.19 bits per heavy atom. The number of likely N-dealkylation sites (tertiary alicyclic amines) is 1. The van der Waals surface area contributed by atoms with Crippen molar-refractivity contribution < 1.29 is 0 Å². The third-order valence-corrected chi connectivity index (χ3v) is 3.36. The van der Waals surface area contributed by atoms with Gasteiger partial charge < -0.3 is 10.2 Å². The fourth-order valence-electron chi connectivity index (χ4n) is 2.16. The molecule has 2 rings (SSSR count). The molecule has 0 amide bonds. The Labute approximate surface area is 101 Å². The van der Waals surface area contributed by atoms with Crippen LogP contribution >= 0.6 is 11.6 Å². The summed E-state index contributed by atoms with van der Waals surface area (Å²) in [5, 5.41) is 3.84. The molecule has 1 N–H and O–H groups in total. The predicted octanol–water partition coefficient (Wildman–Crippen LogP) is 1.88. The zero-order valence-electron chi connectivity index (χ0n) is 9.65. The van der Waals surface area contributed by atoms with Crippen molar-refractivity contribution in [3.63, 3.8) is 0 Å². The molecular weight excluding hydrogens is 224 g/mol. The van der Waals surface area contributed by atoms with Gasteiger partial charge in [0.2, 0.25) is 0 Å². The summed E-state index contributed by atoms with van der Waals surface area (Å²) in [6.45, 7) is 4.47. The maximum Gasteiger partial charge on any atom is 0.171 e. The van der Waals surface area contributed by atoms with Gasteiger partial charge in [-0.2, -0.15) is 0 Å². The van der Waals surface area contributed by atoms with Crippen LogP contribution in [0.2, 0.25) is 5.15 Å². The number of hydrogen-bond donors (Lipinski definition) is 1. The van der Waals surface area contributed by atoms with Crippen LogP contribution < -0.4 is 5.32 Å². The minimum atomic E-state index is 0.436. The number of nitrogens with zero attached hydrogens (tertiary/aromatic N) is 3. The van der Waals surface area contributed by atoms with E-state index in [2.05, 4.69) is 34.2 Å². The van der Waals surface area contributed by atoms with Crippen LogP contribution in [0.5, 0.6) is 0 Å². The molecule has 0 aromatic carbocycles. The topological polar surface area (TPSA) is 41.0 Å². The number of anilines is 1. The highest BCUT2D eigenvalue weighted by Crippen LogP contribution is 2.22. The van der Waals surface area contributed by atoms with Gasteiger partial charge >= 0.3 is 0 Å². The van der Waals surface area contributed by atoms with Crippen molar-refractivity contribution in [1.29, 1.82) is 0 Å². The van der Waals surface area contributed by atoms with E-state index < -0.39 is 0 Å². The van der Waals surface area contributed by atoms with E-state index in [0.717, 1.165) is 19.5 Å².